The van der Waals surface area contributed by atoms with Gasteiger partial charge in [-0.2, -0.15) is 4.31 Å². The van der Waals surface area contributed by atoms with Crippen LogP contribution < -0.4 is 0 Å². The minimum absolute atomic E-state index is 0.0327. The second-order valence-electron chi connectivity index (χ2n) is 7.45. The first-order chi connectivity index (χ1) is 13.1. The molecule has 0 bridgehead atoms. The highest BCUT2D eigenvalue weighted by Gasteiger charge is 2.41. The van der Waals surface area contributed by atoms with Gasteiger partial charge in [0.05, 0.1) is 13.2 Å². The van der Waals surface area contributed by atoms with Gasteiger partial charge in [-0.3, -0.25) is 9.88 Å². The van der Waals surface area contributed by atoms with Gasteiger partial charge in [0.1, 0.15) is 4.21 Å². The minimum Gasteiger partial charge on any atom is -0.379 e. The molecule has 2 aromatic heterocycles. The largest absolute Gasteiger partial charge is 0.379 e. The van der Waals surface area contributed by atoms with Gasteiger partial charge in [-0.1, -0.05) is 6.07 Å². The summed E-state index contributed by atoms with van der Waals surface area (Å²) in [4.78, 5) is 6.52. The monoisotopic (exact) mass is 407 g/mol. The molecule has 0 aromatic carbocycles. The van der Waals surface area contributed by atoms with E-state index in [0.717, 1.165) is 39.1 Å². The van der Waals surface area contributed by atoms with E-state index in [-0.39, 0.29) is 5.41 Å². The molecule has 0 radical (unpaired) electrons. The van der Waals surface area contributed by atoms with Crippen molar-refractivity contribution in [3.63, 3.8) is 0 Å². The van der Waals surface area contributed by atoms with Gasteiger partial charge in [-0.15, -0.1) is 11.3 Å². The molecule has 2 fully saturated rings. The lowest BCUT2D eigenvalue weighted by molar-refractivity contribution is 0.0308. The standard InChI is InChI=1S/C19H25N3O3S2/c23-27(24,18-2-1-13-26-18)22-9-5-19(6-10-22)15-21(11-12-25-16-19)14-17-3-7-20-8-4-17/h1-4,7-8,13H,5-6,9-12,14-16H2. The predicted octanol–water partition coefficient (Wildman–Crippen LogP) is 2.45. The van der Waals surface area contributed by atoms with Gasteiger partial charge in [0.25, 0.3) is 10.0 Å². The van der Waals surface area contributed by atoms with Crippen molar-refractivity contribution >= 4 is 21.4 Å². The highest BCUT2D eigenvalue weighted by atomic mass is 32.2. The van der Waals surface area contributed by atoms with Crippen LogP contribution in [-0.2, 0) is 21.3 Å². The highest BCUT2D eigenvalue weighted by molar-refractivity contribution is 7.91. The lowest BCUT2D eigenvalue weighted by Crippen LogP contribution is -2.48. The lowest BCUT2D eigenvalue weighted by Gasteiger charge is -2.42. The summed E-state index contributed by atoms with van der Waals surface area (Å²) < 4.78 is 33.6. The van der Waals surface area contributed by atoms with Crippen LogP contribution in [-0.4, -0.2) is 62.0 Å². The maximum absolute atomic E-state index is 12.8. The van der Waals surface area contributed by atoms with E-state index in [0.29, 0.717) is 23.9 Å². The van der Waals surface area contributed by atoms with Crippen LogP contribution in [0, 0.1) is 5.41 Å². The molecule has 8 heteroatoms. The predicted molar refractivity (Wildman–Crippen MR) is 105 cm³/mol. The van der Waals surface area contributed by atoms with Gasteiger partial charge >= 0.3 is 0 Å². The Bertz CT molecular complexity index is 832. The third-order valence-corrected chi connectivity index (χ3v) is 8.82. The molecule has 0 N–H and O–H groups in total. The van der Waals surface area contributed by atoms with E-state index in [2.05, 4.69) is 22.0 Å². The fraction of sp³-hybridized carbons (Fsp3) is 0.526. The molecular weight excluding hydrogens is 382 g/mol. The Hall–Kier alpha value is -1.32. The van der Waals surface area contributed by atoms with Crippen molar-refractivity contribution in [3.05, 3.63) is 47.6 Å². The fourth-order valence-corrected chi connectivity index (χ4v) is 6.59. The van der Waals surface area contributed by atoms with Gasteiger partial charge in [-0.25, -0.2) is 8.42 Å². The van der Waals surface area contributed by atoms with Crippen LogP contribution in [0.5, 0.6) is 0 Å². The molecule has 0 saturated carbocycles. The number of thiophene rings is 1. The Morgan fingerprint density at radius 1 is 1.15 bits per heavy atom. The van der Waals surface area contributed by atoms with Crippen molar-refractivity contribution in [2.24, 2.45) is 5.41 Å². The maximum Gasteiger partial charge on any atom is 0.252 e. The summed E-state index contributed by atoms with van der Waals surface area (Å²) in [6.07, 6.45) is 5.33. The summed E-state index contributed by atoms with van der Waals surface area (Å²) in [7, 11) is -3.35. The fourth-order valence-electron chi connectivity index (χ4n) is 4.00. The van der Waals surface area contributed by atoms with Crippen LogP contribution in [0.2, 0.25) is 0 Å². The van der Waals surface area contributed by atoms with Gasteiger partial charge in [0.2, 0.25) is 0 Å². The summed E-state index contributed by atoms with van der Waals surface area (Å²) in [5, 5.41) is 1.81. The van der Waals surface area contributed by atoms with Crippen molar-refractivity contribution < 1.29 is 13.2 Å². The molecule has 4 heterocycles. The molecule has 0 atom stereocenters. The first kappa shape index (κ1) is 19.0. The number of ether oxygens (including phenoxy) is 1. The SMILES string of the molecule is O=S(=O)(c1cccs1)N1CCC2(CC1)COCCN(Cc1ccncc1)C2. The average Bonchev–Trinajstić information content (AvgIpc) is 3.16. The number of nitrogens with zero attached hydrogens (tertiary/aromatic N) is 3. The van der Waals surface area contributed by atoms with Crippen LogP contribution in [0.15, 0.2) is 46.2 Å². The van der Waals surface area contributed by atoms with Crippen LogP contribution in [0.25, 0.3) is 0 Å². The Morgan fingerprint density at radius 3 is 2.63 bits per heavy atom. The first-order valence-electron chi connectivity index (χ1n) is 9.30. The van der Waals surface area contributed by atoms with Crippen LogP contribution in [0.1, 0.15) is 18.4 Å². The summed E-state index contributed by atoms with van der Waals surface area (Å²) in [6, 6.07) is 7.58. The van der Waals surface area contributed by atoms with E-state index in [1.807, 2.05) is 17.8 Å². The highest BCUT2D eigenvalue weighted by Crippen LogP contribution is 2.37. The molecule has 146 valence electrons. The summed E-state index contributed by atoms with van der Waals surface area (Å²) in [5.41, 5.74) is 1.28. The number of rotatable bonds is 4. The van der Waals surface area contributed by atoms with Crippen molar-refractivity contribution in [1.29, 1.82) is 0 Å². The first-order valence-corrected chi connectivity index (χ1v) is 11.6. The van der Waals surface area contributed by atoms with Gasteiger partial charge in [0, 0.05) is 50.5 Å². The van der Waals surface area contributed by atoms with Gasteiger partial charge in [-0.05, 0) is 42.0 Å². The molecule has 2 aliphatic rings. The smallest absolute Gasteiger partial charge is 0.252 e. The molecule has 0 aliphatic carbocycles. The maximum atomic E-state index is 12.8. The normalized spacial score (nSPS) is 21.9. The molecule has 0 amide bonds. The molecule has 4 rings (SSSR count). The molecule has 6 nitrogen and oxygen atoms in total. The van der Waals surface area contributed by atoms with E-state index in [1.165, 1.54) is 16.9 Å². The molecule has 2 aliphatic heterocycles. The molecule has 2 saturated heterocycles. The Balaban J connectivity index is 1.43. The quantitative estimate of drug-likeness (QED) is 0.779. The molecule has 2 aromatic rings. The van der Waals surface area contributed by atoms with E-state index in [9.17, 15) is 8.42 Å². The molecule has 27 heavy (non-hydrogen) atoms. The Morgan fingerprint density at radius 2 is 1.93 bits per heavy atom. The van der Waals surface area contributed by atoms with E-state index in [1.54, 1.807) is 16.4 Å². The number of piperidine rings is 1. The third-order valence-electron chi connectivity index (χ3n) is 5.55. The average molecular weight is 408 g/mol. The Labute approximate surface area is 164 Å². The number of hydrogen-bond acceptors (Lipinski definition) is 6. The van der Waals surface area contributed by atoms with Crippen molar-refractivity contribution in [1.82, 2.24) is 14.2 Å². The van der Waals surface area contributed by atoms with Crippen LogP contribution >= 0.6 is 11.3 Å². The van der Waals surface area contributed by atoms with E-state index >= 15 is 0 Å². The van der Waals surface area contributed by atoms with Crippen molar-refractivity contribution in [3.8, 4) is 0 Å². The second kappa shape index (κ2) is 7.97. The summed E-state index contributed by atoms with van der Waals surface area (Å²) in [5.74, 6) is 0. The lowest BCUT2D eigenvalue weighted by atomic mass is 9.79. The number of sulfonamides is 1. The number of hydrogen-bond donors (Lipinski definition) is 0. The van der Waals surface area contributed by atoms with Crippen molar-refractivity contribution in [2.75, 3.05) is 39.4 Å². The zero-order valence-electron chi connectivity index (χ0n) is 15.3. The zero-order valence-corrected chi connectivity index (χ0v) is 16.9. The van der Waals surface area contributed by atoms with Crippen LogP contribution in [0.3, 0.4) is 0 Å². The third kappa shape index (κ3) is 4.25. The number of aromatic nitrogens is 1. The molecule has 0 unspecified atom stereocenters. The van der Waals surface area contributed by atoms with Crippen molar-refractivity contribution in [2.45, 2.75) is 23.6 Å². The molecular formula is C19H25N3O3S2. The van der Waals surface area contributed by atoms with Gasteiger partial charge < -0.3 is 4.74 Å². The molecule has 1 spiro atoms. The summed E-state index contributed by atoms with van der Waals surface area (Å²) in [6.45, 7) is 5.30. The number of pyridine rings is 1. The zero-order chi connectivity index (χ0) is 18.7. The second-order valence-corrected chi connectivity index (χ2v) is 10.6. The van der Waals surface area contributed by atoms with Gasteiger partial charge in [0.15, 0.2) is 0 Å². The van der Waals surface area contributed by atoms with Crippen LogP contribution in [0.4, 0.5) is 0 Å². The van der Waals surface area contributed by atoms with E-state index in [4.69, 9.17) is 4.74 Å². The van der Waals surface area contributed by atoms with E-state index < -0.39 is 10.0 Å². The topological polar surface area (TPSA) is 62.7 Å². The summed E-state index contributed by atoms with van der Waals surface area (Å²) >= 11 is 1.29. The minimum atomic E-state index is -3.35. The Kier molecular flexibility index (Phi) is 5.61.